The van der Waals surface area contributed by atoms with Gasteiger partial charge < -0.3 is 5.11 Å². The van der Waals surface area contributed by atoms with Crippen LogP contribution in [0.5, 0.6) is 0 Å². The molecule has 1 nitrogen and oxygen atoms in total. The van der Waals surface area contributed by atoms with E-state index in [0.717, 1.165) is 11.8 Å². The summed E-state index contributed by atoms with van der Waals surface area (Å²) >= 11 is 0. The molecule has 0 aliphatic heterocycles. The largest absolute Gasteiger partial charge is 0.878 e. The maximum absolute atomic E-state index is 9.50. The van der Waals surface area contributed by atoms with Crippen LogP contribution in [-0.2, 0) is 0 Å². The number of hydrogen-bond acceptors (Lipinski definition) is 1. The van der Waals surface area contributed by atoms with Crippen molar-refractivity contribution in [3.8, 4) is 0 Å². The minimum Gasteiger partial charge on any atom is -0.878 e. The van der Waals surface area contributed by atoms with Gasteiger partial charge in [-0.3, -0.25) is 0 Å². The molecule has 0 aliphatic rings. The topological polar surface area (TPSA) is 23.1 Å². The molecule has 0 aliphatic carbocycles. The Morgan fingerprint density at radius 1 is 1.83 bits per heavy atom. The van der Waals surface area contributed by atoms with Gasteiger partial charge in [0.05, 0.1) is 0 Å². The Morgan fingerprint density at radius 3 is 2.33 bits per heavy atom. The molecule has 0 saturated heterocycles. The smallest absolute Gasteiger partial charge is 0.0404 e. The summed E-state index contributed by atoms with van der Waals surface area (Å²) in [6, 6.07) is 0. The van der Waals surface area contributed by atoms with Crippen LogP contribution in [0, 0.1) is 0 Å². The van der Waals surface area contributed by atoms with E-state index in [1.807, 2.05) is 0 Å². The molecular weight excluding hydrogens is 76.1 g/mol. The fraction of sp³-hybridized carbons (Fsp3) is 0.200. The highest BCUT2D eigenvalue weighted by Gasteiger charge is 1.61. The van der Waals surface area contributed by atoms with Crippen LogP contribution >= 0.6 is 0 Å². The van der Waals surface area contributed by atoms with Crippen molar-refractivity contribution in [2.75, 3.05) is 0 Å². The molecule has 0 spiro atoms. The third-order valence-corrected chi connectivity index (χ3v) is 0.353. The van der Waals surface area contributed by atoms with E-state index in [1.54, 1.807) is 6.92 Å². The van der Waals surface area contributed by atoms with E-state index in [1.165, 1.54) is 6.08 Å². The fourth-order valence-corrected chi connectivity index (χ4v) is 0.116. The van der Waals surface area contributed by atoms with E-state index in [-0.39, 0.29) is 0 Å². The second-order valence-corrected chi connectivity index (χ2v) is 1.15. The normalized spacial score (nSPS) is 9.50. The highest BCUT2D eigenvalue weighted by Crippen LogP contribution is 1.83. The highest BCUT2D eigenvalue weighted by atomic mass is 16.2. The van der Waals surface area contributed by atoms with E-state index in [9.17, 15) is 5.11 Å². The monoisotopic (exact) mass is 83.1 g/mol. The molecule has 1 heteroatoms. The standard InChI is InChI=1S/C5H8O/c1-5(2)3-4-6/h3-4,6H,1H2,2H3/p-1/b4-3+. The molecular formula is C5H7O-. The average Bonchev–Trinajstić information content (AvgIpc) is 1.35. The summed E-state index contributed by atoms with van der Waals surface area (Å²) in [6.07, 6.45) is 2.14. The highest BCUT2D eigenvalue weighted by molar-refractivity contribution is 5.07. The summed E-state index contributed by atoms with van der Waals surface area (Å²) in [5.74, 6) is 0. The van der Waals surface area contributed by atoms with Crippen molar-refractivity contribution >= 4 is 0 Å². The van der Waals surface area contributed by atoms with E-state index in [0.29, 0.717) is 0 Å². The van der Waals surface area contributed by atoms with Crippen LogP contribution in [0.3, 0.4) is 0 Å². The predicted octanol–water partition coefficient (Wildman–Crippen LogP) is 0.436. The molecule has 0 rings (SSSR count). The summed E-state index contributed by atoms with van der Waals surface area (Å²) in [5.41, 5.74) is 0.796. The number of rotatable bonds is 1. The van der Waals surface area contributed by atoms with Crippen molar-refractivity contribution in [2.24, 2.45) is 0 Å². The molecule has 34 valence electrons. The predicted molar refractivity (Wildman–Crippen MR) is 24.0 cm³/mol. The first kappa shape index (κ1) is 5.28. The molecule has 0 aromatic rings. The zero-order valence-electron chi connectivity index (χ0n) is 3.77. The Bertz CT molecular complexity index is 72.0. The summed E-state index contributed by atoms with van der Waals surface area (Å²) in [4.78, 5) is 0. The lowest BCUT2D eigenvalue weighted by atomic mass is 10.4. The Kier molecular flexibility index (Phi) is 2.21. The van der Waals surface area contributed by atoms with Gasteiger partial charge in [0.15, 0.2) is 0 Å². The second kappa shape index (κ2) is 2.51. The maximum atomic E-state index is 9.50. The molecule has 0 bridgehead atoms. The molecule has 0 atom stereocenters. The maximum Gasteiger partial charge on any atom is -0.0404 e. The van der Waals surface area contributed by atoms with Crippen LogP contribution < -0.4 is 5.11 Å². The van der Waals surface area contributed by atoms with Gasteiger partial charge in [-0.05, 0) is 6.92 Å². The number of hydrogen-bond donors (Lipinski definition) is 0. The van der Waals surface area contributed by atoms with Gasteiger partial charge in [-0.15, -0.1) is 6.26 Å². The fourth-order valence-electron chi connectivity index (χ4n) is 0.116. The minimum absolute atomic E-state index is 0.725. The van der Waals surface area contributed by atoms with Gasteiger partial charge in [-0.1, -0.05) is 18.2 Å². The van der Waals surface area contributed by atoms with Gasteiger partial charge in [0.2, 0.25) is 0 Å². The zero-order chi connectivity index (χ0) is 4.99. The SMILES string of the molecule is C=C(C)/C=C/[O-]. The summed E-state index contributed by atoms with van der Waals surface area (Å²) in [5, 5.41) is 9.50. The first-order chi connectivity index (χ1) is 2.77. The third kappa shape index (κ3) is 3.28. The minimum atomic E-state index is 0.725. The van der Waals surface area contributed by atoms with E-state index >= 15 is 0 Å². The molecule has 0 heterocycles. The Morgan fingerprint density at radius 2 is 2.33 bits per heavy atom. The third-order valence-electron chi connectivity index (χ3n) is 0.353. The van der Waals surface area contributed by atoms with Crippen molar-refractivity contribution in [1.82, 2.24) is 0 Å². The van der Waals surface area contributed by atoms with E-state index in [2.05, 4.69) is 6.58 Å². The van der Waals surface area contributed by atoms with Gasteiger partial charge in [0, 0.05) is 0 Å². The van der Waals surface area contributed by atoms with Gasteiger partial charge in [-0.2, -0.15) is 0 Å². The lowest BCUT2D eigenvalue weighted by Crippen LogP contribution is -1.83. The Hall–Kier alpha value is -0.720. The van der Waals surface area contributed by atoms with Crippen LogP contribution in [0.25, 0.3) is 0 Å². The van der Waals surface area contributed by atoms with Crippen molar-refractivity contribution in [3.05, 3.63) is 24.5 Å². The Labute approximate surface area is 37.6 Å². The van der Waals surface area contributed by atoms with Crippen molar-refractivity contribution in [1.29, 1.82) is 0 Å². The first-order valence-electron chi connectivity index (χ1n) is 1.71. The summed E-state index contributed by atoms with van der Waals surface area (Å²) in [6.45, 7) is 5.23. The van der Waals surface area contributed by atoms with Crippen molar-refractivity contribution in [2.45, 2.75) is 6.92 Å². The van der Waals surface area contributed by atoms with Crippen LogP contribution in [0.15, 0.2) is 24.5 Å². The lowest BCUT2D eigenvalue weighted by Gasteiger charge is -1.85. The molecule has 0 aromatic carbocycles. The van der Waals surface area contributed by atoms with Gasteiger partial charge >= 0.3 is 0 Å². The molecule has 0 radical (unpaired) electrons. The van der Waals surface area contributed by atoms with Gasteiger partial charge in [0.1, 0.15) is 0 Å². The van der Waals surface area contributed by atoms with Gasteiger partial charge in [-0.25, -0.2) is 0 Å². The summed E-state index contributed by atoms with van der Waals surface area (Å²) in [7, 11) is 0. The van der Waals surface area contributed by atoms with Gasteiger partial charge in [0.25, 0.3) is 0 Å². The zero-order valence-corrected chi connectivity index (χ0v) is 3.77. The van der Waals surface area contributed by atoms with Crippen LogP contribution in [0.4, 0.5) is 0 Å². The van der Waals surface area contributed by atoms with Crippen molar-refractivity contribution < 1.29 is 5.11 Å². The molecule has 0 fully saturated rings. The van der Waals surface area contributed by atoms with Crippen LogP contribution in [-0.4, -0.2) is 0 Å². The number of allylic oxidation sites excluding steroid dienone is 2. The molecule has 0 N–H and O–H groups in total. The first-order valence-corrected chi connectivity index (χ1v) is 1.71. The Balaban J connectivity index is 3.30. The molecule has 6 heavy (non-hydrogen) atoms. The second-order valence-electron chi connectivity index (χ2n) is 1.15. The lowest BCUT2D eigenvalue weighted by molar-refractivity contribution is -0.274. The summed E-state index contributed by atoms with van der Waals surface area (Å²) < 4.78 is 0. The van der Waals surface area contributed by atoms with Crippen LogP contribution in [0.1, 0.15) is 6.92 Å². The molecule has 0 aromatic heterocycles. The molecule has 0 amide bonds. The molecule has 0 saturated carbocycles. The van der Waals surface area contributed by atoms with E-state index in [4.69, 9.17) is 0 Å². The van der Waals surface area contributed by atoms with Crippen molar-refractivity contribution in [3.63, 3.8) is 0 Å². The van der Waals surface area contributed by atoms with E-state index < -0.39 is 0 Å². The molecule has 0 unspecified atom stereocenters. The quantitative estimate of drug-likeness (QED) is 0.333. The average molecular weight is 83.1 g/mol. The van der Waals surface area contributed by atoms with Crippen LogP contribution in [0.2, 0.25) is 0 Å².